The van der Waals surface area contributed by atoms with Crippen molar-refractivity contribution in [3.63, 3.8) is 0 Å². The van der Waals surface area contributed by atoms with Crippen LogP contribution in [0.2, 0.25) is 0 Å². The second-order valence-corrected chi connectivity index (χ2v) is 5.37. The molecule has 0 bridgehead atoms. The van der Waals surface area contributed by atoms with Crippen molar-refractivity contribution < 1.29 is 27.4 Å². The maximum Gasteiger partial charge on any atom is 0.343 e. The minimum absolute atomic E-state index is 0.186. The van der Waals surface area contributed by atoms with E-state index in [4.69, 9.17) is 9.47 Å². The zero-order valence-electron chi connectivity index (χ0n) is 14.3. The molecule has 2 rings (SSSR count). The van der Waals surface area contributed by atoms with Gasteiger partial charge in [0.05, 0.1) is 12.2 Å². The molecule has 0 aliphatic rings. The lowest BCUT2D eigenvalue weighted by Crippen LogP contribution is -2.10. The van der Waals surface area contributed by atoms with Gasteiger partial charge in [-0.25, -0.2) is 9.18 Å². The minimum atomic E-state index is -1.28. The van der Waals surface area contributed by atoms with Crippen LogP contribution < -0.4 is 9.47 Å². The topological polar surface area (TPSA) is 35.5 Å². The molecule has 0 fully saturated rings. The molecular weight excluding hydrogens is 345 g/mol. The predicted octanol–water partition coefficient (Wildman–Crippen LogP) is 5.04. The highest BCUT2D eigenvalue weighted by Gasteiger charge is 2.18. The summed E-state index contributed by atoms with van der Waals surface area (Å²) in [6, 6.07) is 8.90. The number of allylic oxidation sites excluding steroid dienone is 2. The van der Waals surface area contributed by atoms with Gasteiger partial charge in [0.15, 0.2) is 11.5 Å². The predicted molar refractivity (Wildman–Crippen MR) is 92.4 cm³/mol. The van der Waals surface area contributed by atoms with E-state index < -0.39 is 30.0 Å². The summed E-state index contributed by atoms with van der Waals surface area (Å²) in [5, 5.41) is 0. The van der Waals surface area contributed by atoms with Crippen molar-refractivity contribution in [2.45, 2.75) is 19.8 Å². The number of aryl methyl sites for hydroxylation is 1. The highest BCUT2D eigenvalue weighted by molar-refractivity contribution is 5.91. The van der Waals surface area contributed by atoms with Gasteiger partial charge in [0.1, 0.15) is 6.67 Å². The van der Waals surface area contributed by atoms with Crippen LogP contribution in [0.3, 0.4) is 0 Å². The highest BCUT2D eigenvalue weighted by atomic mass is 19.2. The molecule has 0 aliphatic heterocycles. The Kier molecular flexibility index (Phi) is 7.26. The second kappa shape index (κ2) is 9.65. The van der Waals surface area contributed by atoms with Gasteiger partial charge in [-0.05, 0) is 49.6 Å². The first kappa shape index (κ1) is 19.6. The van der Waals surface area contributed by atoms with E-state index in [2.05, 4.69) is 0 Å². The van der Waals surface area contributed by atoms with E-state index in [0.717, 1.165) is 11.6 Å². The van der Waals surface area contributed by atoms with E-state index in [-0.39, 0.29) is 17.9 Å². The fourth-order valence-corrected chi connectivity index (χ4v) is 2.26. The summed E-state index contributed by atoms with van der Waals surface area (Å²) in [4.78, 5) is 12.1. The largest absolute Gasteiger partial charge is 0.491 e. The first-order valence-corrected chi connectivity index (χ1v) is 8.19. The van der Waals surface area contributed by atoms with Gasteiger partial charge in [-0.3, -0.25) is 0 Å². The smallest absolute Gasteiger partial charge is 0.343 e. The molecule has 0 amide bonds. The number of hydrogen-bond acceptors (Lipinski definition) is 3. The molecule has 0 saturated carbocycles. The van der Waals surface area contributed by atoms with Gasteiger partial charge in [0, 0.05) is 0 Å². The van der Waals surface area contributed by atoms with Crippen molar-refractivity contribution in [2.75, 3.05) is 13.3 Å². The molecule has 0 saturated heterocycles. The lowest BCUT2D eigenvalue weighted by Gasteiger charge is -2.09. The van der Waals surface area contributed by atoms with Gasteiger partial charge >= 0.3 is 5.97 Å². The van der Waals surface area contributed by atoms with Crippen LogP contribution in [0.15, 0.2) is 48.6 Å². The maximum absolute atomic E-state index is 14.0. The fourth-order valence-electron chi connectivity index (χ4n) is 2.26. The number of rotatable bonds is 8. The van der Waals surface area contributed by atoms with Crippen molar-refractivity contribution in [1.82, 2.24) is 0 Å². The Labute approximate surface area is 150 Å². The van der Waals surface area contributed by atoms with Crippen molar-refractivity contribution in [3.05, 3.63) is 71.3 Å². The van der Waals surface area contributed by atoms with E-state index >= 15 is 0 Å². The van der Waals surface area contributed by atoms with Gasteiger partial charge in [-0.1, -0.05) is 24.3 Å². The zero-order chi connectivity index (χ0) is 18.9. The fraction of sp³-hybridized carbons (Fsp3) is 0.250. The number of benzene rings is 2. The average molecular weight is 364 g/mol. The molecule has 2 aromatic carbocycles. The van der Waals surface area contributed by atoms with Crippen molar-refractivity contribution in [2.24, 2.45) is 0 Å². The Morgan fingerprint density at radius 3 is 2.31 bits per heavy atom. The Bertz CT molecular complexity index is 771. The molecule has 0 heterocycles. The van der Waals surface area contributed by atoms with Crippen molar-refractivity contribution in [1.29, 1.82) is 0 Å². The minimum Gasteiger partial charge on any atom is -0.491 e. The highest BCUT2D eigenvalue weighted by Crippen LogP contribution is 2.28. The average Bonchev–Trinajstić information content (AvgIpc) is 2.65. The lowest BCUT2D eigenvalue weighted by molar-refractivity contribution is 0.0726. The van der Waals surface area contributed by atoms with Crippen LogP contribution in [0.4, 0.5) is 13.2 Å². The van der Waals surface area contributed by atoms with Crippen LogP contribution in [-0.4, -0.2) is 19.3 Å². The molecule has 0 N–H and O–H groups in total. The summed E-state index contributed by atoms with van der Waals surface area (Å²) in [6.07, 6.45) is 4.57. The van der Waals surface area contributed by atoms with Gasteiger partial charge in [-0.15, -0.1) is 0 Å². The quantitative estimate of drug-likeness (QED) is 0.374. The Morgan fingerprint density at radius 2 is 1.65 bits per heavy atom. The number of carbonyl (C=O) groups is 1. The van der Waals surface area contributed by atoms with Gasteiger partial charge < -0.3 is 9.47 Å². The zero-order valence-corrected chi connectivity index (χ0v) is 14.3. The van der Waals surface area contributed by atoms with E-state index in [9.17, 15) is 18.0 Å². The van der Waals surface area contributed by atoms with Crippen LogP contribution >= 0.6 is 0 Å². The number of halogens is 3. The van der Waals surface area contributed by atoms with Crippen molar-refractivity contribution >= 4 is 5.97 Å². The SMILES string of the molecule is CCOc1ccc(OC(=O)c2ccc(CCC=CCF)cc2)c(F)c1F. The molecule has 0 atom stereocenters. The summed E-state index contributed by atoms with van der Waals surface area (Å²) < 4.78 is 49.6. The third-order valence-corrected chi connectivity index (χ3v) is 3.56. The van der Waals surface area contributed by atoms with Gasteiger partial charge in [-0.2, -0.15) is 8.78 Å². The molecule has 2 aromatic rings. The molecular formula is C20H19F3O3. The third-order valence-electron chi connectivity index (χ3n) is 3.56. The van der Waals surface area contributed by atoms with E-state index in [0.29, 0.717) is 12.8 Å². The molecule has 0 radical (unpaired) electrons. The molecule has 0 spiro atoms. The van der Waals surface area contributed by atoms with E-state index in [1.54, 1.807) is 37.3 Å². The molecule has 138 valence electrons. The van der Waals surface area contributed by atoms with Crippen molar-refractivity contribution in [3.8, 4) is 11.5 Å². The number of ether oxygens (including phenoxy) is 2. The van der Waals surface area contributed by atoms with Crippen LogP contribution in [-0.2, 0) is 6.42 Å². The number of esters is 1. The number of hydrogen-bond donors (Lipinski definition) is 0. The Hall–Kier alpha value is -2.76. The number of carbonyl (C=O) groups excluding carboxylic acids is 1. The van der Waals surface area contributed by atoms with Gasteiger partial charge in [0.2, 0.25) is 11.6 Å². The van der Waals surface area contributed by atoms with E-state index in [1.807, 2.05) is 0 Å². The van der Waals surface area contributed by atoms with Crippen LogP contribution in [0.25, 0.3) is 0 Å². The molecule has 6 heteroatoms. The van der Waals surface area contributed by atoms with Crippen LogP contribution in [0.5, 0.6) is 11.5 Å². The van der Waals surface area contributed by atoms with Gasteiger partial charge in [0.25, 0.3) is 0 Å². The summed E-state index contributed by atoms with van der Waals surface area (Å²) >= 11 is 0. The summed E-state index contributed by atoms with van der Waals surface area (Å²) in [6.45, 7) is 1.34. The Morgan fingerprint density at radius 1 is 1.00 bits per heavy atom. The summed E-state index contributed by atoms with van der Waals surface area (Å²) in [7, 11) is 0. The lowest BCUT2D eigenvalue weighted by atomic mass is 10.1. The molecule has 0 aliphatic carbocycles. The first-order valence-electron chi connectivity index (χ1n) is 8.19. The summed E-state index contributed by atoms with van der Waals surface area (Å²) in [5.74, 6) is -4.02. The van der Waals surface area contributed by atoms with Crippen LogP contribution in [0, 0.1) is 11.6 Å². The second-order valence-electron chi connectivity index (χ2n) is 5.37. The third kappa shape index (κ3) is 5.12. The molecule has 0 unspecified atom stereocenters. The van der Waals surface area contributed by atoms with Crippen LogP contribution in [0.1, 0.15) is 29.3 Å². The molecule has 0 aromatic heterocycles. The summed E-state index contributed by atoms with van der Waals surface area (Å²) in [5.41, 5.74) is 1.17. The number of alkyl halides is 1. The molecule has 26 heavy (non-hydrogen) atoms. The molecule has 3 nitrogen and oxygen atoms in total. The normalized spacial score (nSPS) is 10.9. The van der Waals surface area contributed by atoms with E-state index in [1.165, 1.54) is 12.1 Å². The standard InChI is InChI=1S/C20H19F3O3/c1-2-25-16-11-12-17(19(23)18(16)22)26-20(24)15-9-7-14(8-10-15)6-4-3-5-13-21/h3,5,7-12H,2,4,6,13H2,1H3. The maximum atomic E-state index is 14.0. The first-order chi connectivity index (χ1) is 12.6. The monoisotopic (exact) mass is 364 g/mol. The Balaban J connectivity index is 2.03.